The minimum absolute atomic E-state index is 0.0839. The van der Waals surface area contributed by atoms with E-state index < -0.39 is 6.10 Å². The highest BCUT2D eigenvalue weighted by molar-refractivity contribution is 5.90. The van der Waals surface area contributed by atoms with Crippen molar-refractivity contribution in [2.24, 2.45) is 5.92 Å². The molecule has 1 aliphatic carbocycles. The summed E-state index contributed by atoms with van der Waals surface area (Å²) in [4.78, 5) is 22.5. The van der Waals surface area contributed by atoms with E-state index in [-0.39, 0.29) is 23.9 Å². The Bertz CT molecular complexity index is 281. The molecule has 3 heteroatoms. The SMILES string of the molecule is CCCCCC(=O)/C=C/[C@@H]1CC(=O)CC1O. The van der Waals surface area contributed by atoms with Gasteiger partial charge >= 0.3 is 0 Å². The van der Waals surface area contributed by atoms with Crippen LogP contribution in [0.25, 0.3) is 0 Å². The third kappa shape index (κ3) is 4.27. The van der Waals surface area contributed by atoms with Crippen molar-refractivity contribution in [3.8, 4) is 0 Å². The van der Waals surface area contributed by atoms with Crippen molar-refractivity contribution in [3.05, 3.63) is 12.2 Å². The zero-order valence-electron chi connectivity index (χ0n) is 9.82. The lowest BCUT2D eigenvalue weighted by molar-refractivity contribution is -0.118. The van der Waals surface area contributed by atoms with Gasteiger partial charge in [0.2, 0.25) is 0 Å². The van der Waals surface area contributed by atoms with Crippen LogP contribution in [0.4, 0.5) is 0 Å². The van der Waals surface area contributed by atoms with Gasteiger partial charge in [0, 0.05) is 25.2 Å². The molecule has 0 aromatic rings. The van der Waals surface area contributed by atoms with Crippen LogP contribution in [0.5, 0.6) is 0 Å². The van der Waals surface area contributed by atoms with Crippen molar-refractivity contribution < 1.29 is 14.7 Å². The largest absolute Gasteiger partial charge is 0.392 e. The van der Waals surface area contributed by atoms with Gasteiger partial charge in [0.1, 0.15) is 5.78 Å². The van der Waals surface area contributed by atoms with Crippen molar-refractivity contribution in [3.63, 3.8) is 0 Å². The second-order valence-corrected chi connectivity index (χ2v) is 4.46. The number of Topliss-reactive ketones (excluding diaryl/α,β-unsaturated/α-hetero) is 1. The molecule has 1 N–H and O–H groups in total. The number of ketones is 2. The Morgan fingerprint density at radius 2 is 2.19 bits per heavy atom. The van der Waals surface area contributed by atoms with Crippen molar-refractivity contribution in [1.82, 2.24) is 0 Å². The average Bonchev–Trinajstić information content (AvgIpc) is 2.55. The highest BCUT2D eigenvalue weighted by atomic mass is 16.3. The maximum Gasteiger partial charge on any atom is 0.155 e. The first-order valence-electron chi connectivity index (χ1n) is 6.04. The lowest BCUT2D eigenvalue weighted by atomic mass is 10.0. The number of hydrogen-bond donors (Lipinski definition) is 1. The van der Waals surface area contributed by atoms with E-state index in [0.29, 0.717) is 12.8 Å². The van der Waals surface area contributed by atoms with Gasteiger partial charge in [-0.05, 0) is 12.5 Å². The Balaban J connectivity index is 2.30. The van der Waals surface area contributed by atoms with Gasteiger partial charge in [-0.15, -0.1) is 0 Å². The van der Waals surface area contributed by atoms with Crippen LogP contribution in [0.2, 0.25) is 0 Å². The molecule has 90 valence electrons. The zero-order chi connectivity index (χ0) is 12.0. The third-order valence-corrected chi connectivity index (χ3v) is 2.95. The van der Waals surface area contributed by atoms with Crippen LogP contribution >= 0.6 is 0 Å². The summed E-state index contributed by atoms with van der Waals surface area (Å²) in [6.07, 6.45) is 6.92. The number of aliphatic hydroxyl groups excluding tert-OH is 1. The summed E-state index contributed by atoms with van der Waals surface area (Å²) in [7, 11) is 0. The monoisotopic (exact) mass is 224 g/mol. The molecule has 2 atom stereocenters. The summed E-state index contributed by atoms with van der Waals surface area (Å²) >= 11 is 0. The smallest absolute Gasteiger partial charge is 0.155 e. The van der Waals surface area contributed by atoms with Gasteiger partial charge in [-0.3, -0.25) is 9.59 Å². The van der Waals surface area contributed by atoms with Crippen molar-refractivity contribution in [1.29, 1.82) is 0 Å². The van der Waals surface area contributed by atoms with E-state index in [1.54, 1.807) is 6.08 Å². The molecule has 0 heterocycles. The molecule has 1 aliphatic rings. The van der Waals surface area contributed by atoms with Gasteiger partial charge < -0.3 is 5.11 Å². The number of carbonyl (C=O) groups is 2. The third-order valence-electron chi connectivity index (χ3n) is 2.95. The quantitative estimate of drug-likeness (QED) is 0.555. The number of hydrogen-bond acceptors (Lipinski definition) is 3. The number of carbonyl (C=O) groups excluding carboxylic acids is 2. The van der Waals surface area contributed by atoms with Crippen LogP contribution in [0.1, 0.15) is 45.4 Å². The van der Waals surface area contributed by atoms with Crippen LogP contribution in [-0.4, -0.2) is 22.8 Å². The Morgan fingerprint density at radius 1 is 1.44 bits per heavy atom. The molecule has 1 unspecified atom stereocenters. The van der Waals surface area contributed by atoms with Gasteiger partial charge in [-0.1, -0.05) is 25.8 Å². The Kier molecular flexibility index (Phi) is 5.39. The lowest BCUT2D eigenvalue weighted by Gasteiger charge is -2.06. The lowest BCUT2D eigenvalue weighted by Crippen LogP contribution is -2.10. The van der Waals surface area contributed by atoms with Crippen LogP contribution in [-0.2, 0) is 9.59 Å². The Morgan fingerprint density at radius 3 is 2.75 bits per heavy atom. The normalized spacial score (nSPS) is 25.5. The number of aliphatic hydroxyl groups is 1. The summed E-state index contributed by atoms with van der Waals surface area (Å²) in [5.74, 6) is 0.0307. The molecule has 0 aliphatic heterocycles. The molecule has 0 bridgehead atoms. The minimum Gasteiger partial charge on any atom is -0.392 e. The zero-order valence-corrected chi connectivity index (χ0v) is 9.82. The van der Waals surface area contributed by atoms with E-state index in [1.165, 1.54) is 6.08 Å². The van der Waals surface area contributed by atoms with E-state index in [4.69, 9.17) is 0 Å². The molecule has 0 aromatic carbocycles. The standard InChI is InChI=1S/C13H20O3/c1-2-3-4-5-11(14)7-6-10-8-12(15)9-13(10)16/h6-7,10,13,16H,2-5,8-9H2,1H3/b7-6+/t10-,13?/m1/s1. The highest BCUT2D eigenvalue weighted by Crippen LogP contribution is 2.23. The minimum atomic E-state index is -0.591. The maximum absolute atomic E-state index is 11.4. The summed E-state index contributed by atoms with van der Waals surface area (Å²) < 4.78 is 0. The van der Waals surface area contributed by atoms with Crippen molar-refractivity contribution >= 4 is 11.6 Å². The van der Waals surface area contributed by atoms with Gasteiger partial charge in [0.05, 0.1) is 6.10 Å². The molecule has 0 amide bonds. The van der Waals surface area contributed by atoms with E-state index in [0.717, 1.165) is 19.3 Å². The molecular formula is C13H20O3. The molecule has 3 nitrogen and oxygen atoms in total. The fraction of sp³-hybridized carbons (Fsp3) is 0.692. The van der Waals surface area contributed by atoms with Crippen molar-refractivity contribution in [2.75, 3.05) is 0 Å². The van der Waals surface area contributed by atoms with Crippen LogP contribution < -0.4 is 0 Å². The van der Waals surface area contributed by atoms with Crippen LogP contribution in [0.15, 0.2) is 12.2 Å². The van der Waals surface area contributed by atoms with Crippen molar-refractivity contribution in [2.45, 2.75) is 51.6 Å². The van der Waals surface area contributed by atoms with Crippen LogP contribution in [0, 0.1) is 5.92 Å². The predicted octanol–water partition coefficient (Wildman–Crippen LogP) is 2.03. The van der Waals surface area contributed by atoms with E-state index in [1.807, 2.05) is 0 Å². The van der Waals surface area contributed by atoms with Crippen LogP contribution in [0.3, 0.4) is 0 Å². The fourth-order valence-electron chi connectivity index (χ4n) is 1.93. The second kappa shape index (κ2) is 6.59. The second-order valence-electron chi connectivity index (χ2n) is 4.46. The highest BCUT2D eigenvalue weighted by Gasteiger charge is 2.29. The number of rotatable bonds is 6. The fourth-order valence-corrected chi connectivity index (χ4v) is 1.93. The molecule has 1 saturated carbocycles. The summed E-state index contributed by atoms with van der Waals surface area (Å²) in [6.45, 7) is 2.10. The van der Waals surface area contributed by atoms with Gasteiger partial charge in [0.15, 0.2) is 5.78 Å². The van der Waals surface area contributed by atoms with Gasteiger partial charge in [-0.2, -0.15) is 0 Å². The first-order valence-corrected chi connectivity index (χ1v) is 6.04. The number of unbranched alkanes of at least 4 members (excludes halogenated alkanes) is 2. The average molecular weight is 224 g/mol. The number of allylic oxidation sites excluding steroid dienone is 1. The maximum atomic E-state index is 11.4. The molecule has 0 radical (unpaired) electrons. The molecule has 1 fully saturated rings. The van der Waals surface area contributed by atoms with Gasteiger partial charge in [-0.25, -0.2) is 0 Å². The van der Waals surface area contributed by atoms with E-state index >= 15 is 0 Å². The topological polar surface area (TPSA) is 54.4 Å². The summed E-state index contributed by atoms with van der Waals surface area (Å²) in [5, 5.41) is 9.50. The molecule has 0 saturated heterocycles. The van der Waals surface area contributed by atoms with E-state index in [2.05, 4.69) is 6.92 Å². The molecule has 0 spiro atoms. The molecular weight excluding hydrogens is 204 g/mol. The summed E-state index contributed by atoms with van der Waals surface area (Å²) in [6, 6.07) is 0. The Hall–Kier alpha value is -0.960. The molecule has 16 heavy (non-hydrogen) atoms. The first-order chi connectivity index (χ1) is 7.63. The molecule has 1 rings (SSSR count). The first kappa shape index (κ1) is 13.1. The predicted molar refractivity (Wildman–Crippen MR) is 62.0 cm³/mol. The van der Waals surface area contributed by atoms with Gasteiger partial charge in [0.25, 0.3) is 0 Å². The van der Waals surface area contributed by atoms with E-state index in [9.17, 15) is 14.7 Å². The summed E-state index contributed by atoms with van der Waals surface area (Å²) in [5.41, 5.74) is 0. The Labute approximate surface area is 96.5 Å². The molecule has 0 aromatic heterocycles.